The van der Waals surface area contributed by atoms with E-state index in [1.165, 1.54) is 19.3 Å². The molecule has 2 aromatic rings. The number of fused-ring (bicyclic) bond motifs is 1. The van der Waals surface area contributed by atoms with Gasteiger partial charge in [0.2, 0.25) is 0 Å². The van der Waals surface area contributed by atoms with E-state index in [9.17, 15) is 0 Å². The van der Waals surface area contributed by atoms with E-state index in [-0.39, 0.29) is 0 Å². The summed E-state index contributed by atoms with van der Waals surface area (Å²) < 4.78 is 5.92. The number of rotatable bonds is 7. The van der Waals surface area contributed by atoms with Crippen molar-refractivity contribution < 1.29 is 4.74 Å². The molecule has 0 aliphatic rings. The molecule has 0 atom stereocenters. The maximum atomic E-state index is 5.92. The maximum Gasteiger partial charge on any atom is 0.127 e. The zero-order chi connectivity index (χ0) is 14.4. The van der Waals surface area contributed by atoms with Gasteiger partial charge >= 0.3 is 0 Å². The van der Waals surface area contributed by atoms with Gasteiger partial charge < -0.3 is 10.5 Å². The van der Waals surface area contributed by atoms with Crippen LogP contribution < -0.4 is 10.5 Å². The summed E-state index contributed by atoms with van der Waals surface area (Å²) in [5.74, 6) is 0.914. The predicted molar refractivity (Wildman–Crippen MR) is 89.5 cm³/mol. The van der Waals surface area contributed by atoms with Gasteiger partial charge in [0.1, 0.15) is 10.7 Å². The molecule has 0 saturated carbocycles. The number of thiocarbonyl (C=S) groups is 1. The van der Waals surface area contributed by atoms with Gasteiger partial charge in [-0.1, -0.05) is 62.7 Å². The van der Waals surface area contributed by atoms with Crippen molar-refractivity contribution in [2.45, 2.75) is 32.6 Å². The summed E-state index contributed by atoms with van der Waals surface area (Å²) in [5.41, 5.74) is 6.69. The maximum absolute atomic E-state index is 5.92. The zero-order valence-corrected chi connectivity index (χ0v) is 12.7. The van der Waals surface area contributed by atoms with Crippen LogP contribution in [0, 0.1) is 0 Å². The fraction of sp³-hybridized carbons (Fsp3) is 0.353. The highest BCUT2D eigenvalue weighted by Gasteiger charge is 2.08. The molecule has 0 aliphatic carbocycles. The first kappa shape index (κ1) is 14.8. The minimum atomic E-state index is 0.427. The van der Waals surface area contributed by atoms with E-state index in [0.29, 0.717) is 4.99 Å². The van der Waals surface area contributed by atoms with Crippen molar-refractivity contribution >= 4 is 28.0 Å². The van der Waals surface area contributed by atoms with E-state index < -0.39 is 0 Å². The smallest absolute Gasteiger partial charge is 0.127 e. The Balaban J connectivity index is 2.18. The Kier molecular flexibility index (Phi) is 5.36. The number of ether oxygens (including phenoxy) is 1. The molecule has 2 N–H and O–H groups in total. The second kappa shape index (κ2) is 7.25. The number of nitrogens with two attached hydrogens (primary N) is 1. The molecule has 2 nitrogen and oxygen atoms in total. The lowest BCUT2D eigenvalue weighted by atomic mass is 10.0. The van der Waals surface area contributed by atoms with Gasteiger partial charge in [-0.15, -0.1) is 0 Å². The molecule has 0 aromatic heterocycles. The highest BCUT2D eigenvalue weighted by molar-refractivity contribution is 7.80. The van der Waals surface area contributed by atoms with Crippen LogP contribution in [0.25, 0.3) is 10.8 Å². The Morgan fingerprint density at radius 1 is 1.05 bits per heavy atom. The van der Waals surface area contributed by atoms with E-state index in [4.69, 9.17) is 22.7 Å². The fourth-order valence-electron chi connectivity index (χ4n) is 2.32. The normalized spacial score (nSPS) is 10.7. The van der Waals surface area contributed by atoms with Gasteiger partial charge in [0.25, 0.3) is 0 Å². The first-order chi connectivity index (χ1) is 9.74. The molecule has 20 heavy (non-hydrogen) atoms. The zero-order valence-electron chi connectivity index (χ0n) is 11.9. The van der Waals surface area contributed by atoms with Gasteiger partial charge in [-0.05, 0) is 23.9 Å². The Morgan fingerprint density at radius 3 is 2.50 bits per heavy atom. The lowest BCUT2D eigenvalue weighted by Crippen LogP contribution is -2.10. The Morgan fingerprint density at radius 2 is 1.80 bits per heavy atom. The molecule has 0 radical (unpaired) electrons. The van der Waals surface area contributed by atoms with Crippen LogP contribution in [0.2, 0.25) is 0 Å². The summed E-state index contributed by atoms with van der Waals surface area (Å²) in [4.78, 5) is 0.427. The summed E-state index contributed by atoms with van der Waals surface area (Å²) in [7, 11) is 0. The SMILES string of the molecule is CCCCCCOc1ccc(C(N)=S)c2ccccc12. The molecule has 0 aliphatic heterocycles. The molecule has 0 unspecified atom stereocenters. The molecule has 0 spiro atoms. The quantitative estimate of drug-likeness (QED) is 0.604. The van der Waals surface area contributed by atoms with E-state index in [1.54, 1.807) is 0 Å². The number of hydrogen-bond acceptors (Lipinski definition) is 2. The standard InChI is InChI=1S/C17H21NOS/c1-2-3-4-7-12-19-16-11-10-15(17(18)20)13-8-5-6-9-14(13)16/h5-6,8-11H,2-4,7,12H2,1H3,(H2,18,20). The van der Waals surface area contributed by atoms with Crippen LogP contribution in [0.4, 0.5) is 0 Å². The molecule has 0 fully saturated rings. The largest absolute Gasteiger partial charge is 0.493 e. The van der Waals surface area contributed by atoms with Gasteiger partial charge in [0.05, 0.1) is 6.61 Å². The number of benzene rings is 2. The van der Waals surface area contributed by atoms with Crippen LogP contribution in [-0.4, -0.2) is 11.6 Å². The Labute approximate surface area is 125 Å². The van der Waals surface area contributed by atoms with Gasteiger partial charge in [-0.3, -0.25) is 0 Å². The van der Waals surface area contributed by atoms with E-state index in [0.717, 1.165) is 35.1 Å². The topological polar surface area (TPSA) is 35.2 Å². The summed E-state index contributed by atoms with van der Waals surface area (Å²) in [6.07, 6.45) is 4.83. The third-order valence-electron chi connectivity index (χ3n) is 3.40. The lowest BCUT2D eigenvalue weighted by molar-refractivity contribution is 0.308. The molecule has 0 saturated heterocycles. The van der Waals surface area contributed by atoms with Crippen LogP contribution in [0.3, 0.4) is 0 Å². The van der Waals surface area contributed by atoms with Gasteiger partial charge in [0.15, 0.2) is 0 Å². The molecular weight excluding hydrogens is 266 g/mol. The molecule has 106 valence electrons. The lowest BCUT2D eigenvalue weighted by Gasteiger charge is -2.12. The highest BCUT2D eigenvalue weighted by atomic mass is 32.1. The van der Waals surface area contributed by atoms with E-state index in [2.05, 4.69) is 13.0 Å². The first-order valence-electron chi connectivity index (χ1n) is 7.18. The minimum absolute atomic E-state index is 0.427. The Bertz CT molecular complexity index is 595. The van der Waals surface area contributed by atoms with Gasteiger partial charge in [-0.2, -0.15) is 0 Å². The summed E-state index contributed by atoms with van der Waals surface area (Å²) >= 11 is 5.10. The van der Waals surface area contributed by atoms with Gasteiger partial charge in [0, 0.05) is 10.9 Å². The molecule has 0 bridgehead atoms. The van der Waals surface area contributed by atoms with Crippen molar-refractivity contribution in [3.05, 3.63) is 42.0 Å². The average molecular weight is 287 g/mol. The van der Waals surface area contributed by atoms with Gasteiger partial charge in [-0.25, -0.2) is 0 Å². The average Bonchev–Trinajstić information content (AvgIpc) is 2.46. The van der Waals surface area contributed by atoms with E-state index in [1.807, 2.05) is 30.3 Å². The second-order valence-electron chi connectivity index (χ2n) is 4.93. The number of hydrogen-bond donors (Lipinski definition) is 1. The van der Waals surface area contributed by atoms with Crippen molar-refractivity contribution in [3.8, 4) is 5.75 Å². The molecule has 3 heteroatoms. The van der Waals surface area contributed by atoms with Crippen molar-refractivity contribution in [3.63, 3.8) is 0 Å². The summed E-state index contributed by atoms with van der Waals surface area (Å²) in [6.45, 7) is 2.97. The highest BCUT2D eigenvalue weighted by Crippen LogP contribution is 2.28. The number of unbranched alkanes of at least 4 members (excludes halogenated alkanes) is 3. The molecular formula is C17H21NOS. The summed E-state index contributed by atoms with van der Waals surface area (Å²) in [5, 5.41) is 2.14. The Hall–Kier alpha value is -1.61. The second-order valence-corrected chi connectivity index (χ2v) is 5.37. The minimum Gasteiger partial charge on any atom is -0.493 e. The first-order valence-corrected chi connectivity index (χ1v) is 7.59. The molecule has 0 amide bonds. The molecule has 2 aromatic carbocycles. The van der Waals surface area contributed by atoms with Crippen molar-refractivity contribution in [1.82, 2.24) is 0 Å². The third kappa shape index (κ3) is 3.48. The van der Waals surface area contributed by atoms with Crippen LogP contribution in [0.5, 0.6) is 5.75 Å². The predicted octanol–water partition coefficient (Wildman–Crippen LogP) is 4.43. The third-order valence-corrected chi connectivity index (χ3v) is 3.62. The van der Waals surface area contributed by atoms with Crippen molar-refractivity contribution in [2.24, 2.45) is 5.73 Å². The van der Waals surface area contributed by atoms with Crippen LogP contribution in [0.15, 0.2) is 36.4 Å². The van der Waals surface area contributed by atoms with Crippen LogP contribution >= 0.6 is 12.2 Å². The van der Waals surface area contributed by atoms with Crippen LogP contribution in [0.1, 0.15) is 38.2 Å². The van der Waals surface area contributed by atoms with Crippen molar-refractivity contribution in [1.29, 1.82) is 0 Å². The molecule has 0 heterocycles. The monoisotopic (exact) mass is 287 g/mol. The molecule has 2 rings (SSSR count). The van der Waals surface area contributed by atoms with E-state index >= 15 is 0 Å². The van der Waals surface area contributed by atoms with Crippen molar-refractivity contribution in [2.75, 3.05) is 6.61 Å². The summed E-state index contributed by atoms with van der Waals surface area (Å²) in [6, 6.07) is 12.0. The van der Waals surface area contributed by atoms with Crippen LogP contribution in [-0.2, 0) is 0 Å². The fourth-order valence-corrected chi connectivity index (χ4v) is 2.50.